The molecule has 0 aromatic carbocycles. The van der Waals surface area contributed by atoms with Crippen molar-refractivity contribution in [2.75, 3.05) is 12.4 Å². The summed E-state index contributed by atoms with van der Waals surface area (Å²) >= 11 is 0. The first kappa shape index (κ1) is 14.6. The summed E-state index contributed by atoms with van der Waals surface area (Å²) in [6.07, 6.45) is 6.59. The van der Waals surface area contributed by atoms with Gasteiger partial charge in [0.05, 0.1) is 12.4 Å². The molecule has 4 nitrogen and oxygen atoms in total. The van der Waals surface area contributed by atoms with Gasteiger partial charge in [-0.25, -0.2) is 0 Å². The van der Waals surface area contributed by atoms with Gasteiger partial charge in [-0.05, 0) is 19.8 Å². The molecule has 0 atom stereocenters. The zero-order chi connectivity index (χ0) is 11.6. The molecular formula is C10H19O4S. The molecule has 1 radical (unpaired) electrons. The zero-order valence-electron chi connectivity index (χ0n) is 9.20. The summed E-state index contributed by atoms with van der Waals surface area (Å²) in [6, 6.07) is 0. The van der Waals surface area contributed by atoms with Gasteiger partial charge < -0.3 is 0 Å². The molecule has 0 saturated carbocycles. The van der Waals surface area contributed by atoms with Gasteiger partial charge in [0.2, 0.25) is 0 Å². The van der Waals surface area contributed by atoms with Crippen molar-refractivity contribution in [3.8, 4) is 0 Å². The van der Waals surface area contributed by atoms with Crippen LogP contribution in [0.25, 0.3) is 0 Å². The Morgan fingerprint density at radius 1 is 1.07 bits per heavy atom. The van der Waals surface area contributed by atoms with Crippen LogP contribution in [0, 0.1) is 0 Å². The summed E-state index contributed by atoms with van der Waals surface area (Å²) in [5, 5.41) is 0. The fourth-order valence-electron chi connectivity index (χ4n) is 1.24. The Hall–Kier alpha value is -0.420. The van der Waals surface area contributed by atoms with Gasteiger partial charge in [0.25, 0.3) is 10.1 Å². The topological polar surface area (TPSA) is 60.4 Å². The average molecular weight is 235 g/mol. The largest absolute Gasteiger partial charge is 0.291 e. The molecule has 0 fully saturated rings. The number of hydrogen-bond acceptors (Lipinski definition) is 4. The number of hydrogen-bond donors (Lipinski definition) is 0. The Bertz CT molecular complexity index is 246. The van der Waals surface area contributed by atoms with Gasteiger partial charge in [-0.15, -0.1) is 0 Å². The third-order valence-electron chi connectivity index (χ3n) is 1.97. The van der Waals surface area contributed by atoms with E-state index in [4.69, 9.17) is 0 Å². The highest BCUT2D eigenvalue weighted by Gasteiger charge is 2.08. The maximum absolute atomic E-state index is 11.1. The van der Waals surface area contributed by atoms with E-state index < -0.39 is 10.1 Å². The molecule has 0 bridgehead atoms. The predicted octanol–water partition coefficient (Wildman–Crippen LogP) is 1.80. The lowest BCUT2D eigenvalue weighted by Crippen LogP contribution is -2.10. The first-order valence-corrected chi connectivity index (χ1v) is 6.92. The highest BCUT2D eigenvalue weighted by atomic mass is 32.2. The quantitative estimate of drug-likeness (QED) is 0.428. The molecule has 0 saturated heterocycles. The van der Waals surface area contributed by atoms with Crippen molar-refractivity contribution in [1.29, 1.82) is 0 Å². The second-order valence-corrected chi connectivity index (χ2v) is 5.09. The van der Waals surface area contributed by atoms with Crippen molar-refractivity contribution in [3.63, 3.8) is 0 Å². The molecule has 0 heterocycles. The van der Waals surface area contributed by atoms with E-state index in [1.165, 1.54) is 0 Å². The van der Waals surface area contributed by atoms with Crippen molar-refractivity contribution in [3.05, 3.63) is 0 Å². The fourth-order valence-corrected chi connectivity index (χ4v) is 2.28. The summed E-state index contributed by atoms with van der Waals surface area (Å²) in [4.78, 5) is 9.88. The standard InChI is InChI=1S/C10H19O4S/c1-2-14-15(12,13)10-8-6-4-3-5-7-9-11/h2-8,10H2,1H3. The fraction of sp³-hybridized carbons (Fsp3) is 0.900. The zero-order valence-corrected chi connectivity index (χ0v) is 10.0. The Morgan fingerprint density at radius 2 is 1.67 bits per heavy atom. The molecule has 0 aliphatic carbocycles. The average Bonchev–Trinajstić information content (AvgIpc) is 2.16. The lowest BCUT2D eigenvalue weighted by atomic mass is 10.1. The van der Waals surface area contributed by atoms with Crippen LogP contribution >= 0.6 is 0 Å². The van der Waals surface area contributed by atoms with Crippen molar-refractivity contribution in [2.45, 2.75) is 45.4 Å². The van der Waals surface area contributed by atoms with Gasteiger partial charge >= 0.3 is 0 Å². The maximum Gasteiger partial charge on any atom is 0.267 e. The Labute approximate surface area is 92.1 Å². The third kappa shape index (κ3) is 9.87. The maximum atomic E-state index is 11.1. The van der Waals surface area contributed by atoms with E-state index in [9.17, 15) is 13.2 Å². The summed E-state index contributed by atoms with van der Waals surface area (Å²) in [6.45, 7) is 1.87. The highest BCUT2D eigenvalue weighted by Crippen LogP contribution is 2.06. The first-order valence-electron chi connectivity index (χ1n) is 5.34. The number of rotatable bonds is 10. The van der Waals surface area contributed by atoms with Gasteiger partial charge in [-0.2, -0.15) is 8.42 Å². The normalized spacial score (nSPS) is 11.5. The molecule has 5 heteroatoms. The molecule has 0 amide bonds. The van der Waals surface area contributed by atoms with E-state index >= 15 is 0 Å². The molecule has 0 N–H and O–H groups in total. The Balaban J connectivity index is 3.34. The van der Waals surface area contributed by atoms with E-state index in [1.54, 1.807) is 6.92 Å². The van der Waals surface area contributed by atoms with Crippen LogP contribution in [-0.2, 0) is 19.1 Å². The van der Waals surface area contributed by atoms with Crippen LogP contribution in [0.4, 0.5) is 0 Å². The van der Waals surface area contributed by atoms with Crippen molar-refractivity contribution < 1.29 is 17.4 Å². The van der Waals surface area contributed by atoms with Gasteiger partial charge in [0.1, 0.15) is 0 Å². The van der Waals surface area contributed by atoms with Crippen molar-refractivity contribution >= 4 is 16.4 Å². The second-order valence-electron chi connectivity index (χ2n) is 3.33. The van der Waals surface area contributed by atoms with Crippen LogP contribution < -0.4 is 0 Å². The van der Waals surface area contributed by atoms with Gasteiger partial charge in [-0.3, -0.25) is 8.98 Å². The molecule has 0 rings (SSSR count). The lowest BCUT2D eigenvalue weighted by molar-refractivity contribution is 0.337. The van der Waals surface area contributed by atoms with Crippen LogP contribution in [0.5, 0.6) is 0 Å². The summed E-state index contributed by atoms with van der Waals surface area (Å²) in [5.41, 5.74) is 0. The molecule has 0 aliphatic heterocycles. The first-order chi connectivity index (χ1) is 7.12. The Morgan fingerprint density at radius 3 is 2.27 bits per heavy atom. The van der Waals surface area contributed by atoms with Gasteiger partial charge in [-0.1, -0.05) is 19.3 Å². The summed E-state index contributed by atoms with van der Waals surface area (Å²) < 4.78 is 26.8. The van der Waals surface area contributed by atoms with E-state index in [-0.39, 0.29) is 12.4 Å². The minimum Gasteiger partial charge on any atom is -0.291 e. The second kappa shape index (κ2) is 8.85. The lowest BCUT2D eigenvalue weighted by Gasteiger charge is -2.02. The van der Waals surface area contributed by atoms with Crippen molar-refractivity contribution in [1.82, 2.24) is 0 Å². The monoisotopic (exact) mass is 235 g/mol. The minimum absolute atomic E-state index is 0.0979. The molecule has 89 valence electrons. The van der Waals surface area contributed by atoms with Crippen LogP contribution in [0.3, 0.4) is 0 Å². The molecule has 0 spiro atoms. The van der Waals surface area contributed by atoms with Crippen LogP contribution in [-0.4, -0.2) is 27.1 Å². The molecular weight excluding hydrogens is 216 g/mol. The van der Waals surface area contributed by atoms with Crippen LogP contribution in [0.1, 0.15) is 45.4 Å². The van der Waals surface area contributed by atoms with Crippen LogP contribution in [0.15, 0.2) is 0 Å². The molecule has 15 heavy (non-hydrogen) atoms. The van der Waals surface area contributed by atoms with Gasteiger partial charge in [0.15, 0.2) is 6.29 Å². The summed E-state index contributed by atoms with van der Waals surface area (Å²) in [7, 11) is -3.29. The van der Waals surface area contributed by atoms with E-state index in [0.29, 0.717) is 12.8 Å². The third-order valence-corrected chi connectivity index (χ3v) is 3.35. The van der Waals surface area contributed by atoms with E-state index in [0.717, 1.165) is 25.7 Å². The molecule has 0 aliphatic rings. The molecule has 0 unspecified atom stereocenters. The number of carbonyl (C=O) groups excluding carboxylic acids is 1. The van der Waals surface area contributed by atoms with Crippen LogP contribution in [0.2, 0.25) is 0 Å². The SMILES string of the molecule is CCOS(=O)(=O)CCCCCCC[C]=O. The van der Waals surface area contributed by atoms with E-state index in [1.807, 2.05) is 6.29 Å². The minimum atomic E-state index is -3.29. The molecule has 0 aromatic rings. The van der Waals surface area contributed by atoms with Gasteiger partial charge in [0, 0.05) is 6.42 Å². The predicted molar refractivity (Wildman–Crippen MR) is 58.8 cm³/mol. The van der Waals surface area contributed by atoms with E-state index in [2.05, 4.69) is 4.18 Å². The number of unbranched alkanes of at least 4 members (excludes halogenated alkanes) is 5. The van der Waals surface area contributed by atoms with Crippen molar-refractivity contribution in [2.24, 2.45) is 0 Å². The summed E-state index contributed by atoms with van der Waals surface area (Å²) in [5.74, 6) is 0.0979. The highest BCUT2D eigenvalue weighted by molar-refractivity contribution is 7.86. The molecule has 0 aromatic heterocycles. The smallest absolute Gasteiger partial charge is 0.267 e. The Kier molecular flexibility index (Phi) is 8.61.